The topological polar surface area (TPSA) is 93.1 Å². The zero-order valence-electron chi connectivity index (χ0n) is 21.9. The molecule has 2 aliphatic rings. The number of carbonyl (C=O) groups is 1. The molecule has 2 heterocycles. The zero-order chi connectivity index (χ0) is 26.3. The highest BCUT2D eigenvalue weighted by atomic mass is 16.5. The molecule has 2 aromatic heterocycles. The van der Waals surface area contributed by atoms with E-state index in [1.165, 1.54) is 0 Å². The molecule has 4 aromatic rings. The van der Waals surface area contributed by atoms with Gasteiger partial charge in [0.25, 0.3) is 0 Å². The molecular weight excluding hydrogens is 476 g/mol. The Morgan fingerprint density at radius 2 is 1.84 bits per heavy atom. The van der Waals surface area contributed by atoms with Gasteiger partial charge in [-0.15, -0.1) is 0 Å². The molecule has 2 aliphatic carbocycles. The van der Waals surface area contributed by atoms with Crippen LogP contribution in [0.3, 0.4) is 0 Å². The van der Waals surface area contributed by atoms with Crippen molar-refractivity contribution in [1.29, 1.82) is 0 Å². The Balaban J connectivity index is 1.12. The van der Waals surface area contributed by atoms with Crippen molar-refractivity contribution >= 4 is 17.5 Å². The number of nitrogens with one attached hydrogen (secondary N) is 3. The second kappa shape index (κ2) is 9.61. The van der Waals surface area contributed by atoms with Crippen molar-refractivity contribution in [2.24, 2.45) is 0 Å². The van der Waals surface area contributed by atoms with E-state index >= 15 is 0 Å². The molecule has 0 spiro atoms. The van der Waals surface area contributed by atoms with Gasteiger partial charge in [-0.05, 0) is 81.3 Å². The average molecular weight is 509 g/mol. The Kier molecular flexibility index (Phi) is 6.12. The summed E-state index contributed by atoms with van der Waals surface area (Å²) in [5.74, 6) is 2.52. The first kappa shape index (κ1) is 24.2. The van der Waals surface area contributed by atoms with Crippen molar-refractivity contribution in [1.82, 2.24) is 20.1 Å². The molecule has 0 radical (unpaired) electrons. The number of ether oxygens (including phenoxy) is 1. The first-order valence-corrected chi connectivity index (χ1v) is 13.1. The van der Waals surface area contributed by atoms with Crippen molar-refractivity contribution in [2.45, 2.75) is 50.5 Å². The minimum absolute atomic E-state index is 0.0840. The van der Waals surface area contributed by atoms with Crippen molar-refractivity contribution < 1.29 is 9.53 Å². The molecule has 194 valence electrons. The van der Waals surface area contributed by atoms with E-state index in [1.807, 2.05) is 79.3 Å². The maximum Gasteiger partial charge on any atom is 0.324 e. The van der Waals surface area contributed by atoms with Crippen molar-refractivity contribution in [2.75, 3.05) is 17.7 Å². The summed E-state index contributed by atoms with van der Waals surface area (Å²) in [5.41, 5.74) is 4.84. The van der Waals surface area contributed by atoms with Crippen LogP contribution >= 0.6 is 0 Å². The summed E-state index contributed by atoms with van der Waals surface area (Å²) in [6.45, 7) is 4.25. The van der Waals surface area contributed by atoms with E-state index in [9.17, 15) is 4.79 Å². The lowest BCUT2D eigenvalue weighted by Gasteiger charge is -2.11. The molecule has 38 heavy (non-hydrogen) atoms. The Bertz CT molecular complexity index is 1470. The number of hydrogen-bond acceptors (Lipinski definition) is 5. The molecule has 3 N–H and O–H groups in total. The van der Waals surface area contributed by atoms with Gasteiger partial charge in [-0.2, -0.15) is 5.10 Å². The first-order chi connectivity index (χ1) is 18.4. The van der Waals surface area contributed by atoms with Gasteiger partial charge in [0, 0.05) is 47.1 Å². The van der Waals surface area contributed by atoms with E-state index in [4.69, 9.17) is 9.84 Å². The Morgan fingerprint density at radius 1 is 1.03 bits per heavy atom. The smallest absolute Gasteiger partial charge is 0.324 e. The molecule has 2 aromatic carbocycles. The van der Waals surface area contributed by atoms with Gasteiger partial charge in [0.05, 0.1) is 11.4 Å². The predicted molar refractivity (Wildman–Crippen MR) is 148 cm³/mol. The van der Waals surface area contributed by atoms with Crippen LogP contribution in [0, 0.1) is 6.92 Å². The van der Waals surface area contributed by atoms with Crippen LogP contribution in [0.5, 0.6) is 11.5 Å². The molecule has 2 fully saturated rings. The SMILES string of the molecule is CNC1CC1c1cc(Oc2ccc(NC(=O)Nc3cc(C4(C)CC4)nn3-c3cccc(C)c3)cc2)ccn1. The molecule has 2 amide bonds. The maximum atomic E-state index is 12.9. The molecule has 0 aliphatic heterocycles. The van der Waals surface area contributed by atoms with Crippen LogP contribution in [0.25, 0.3) is 5.69 Å². The number of rotatable bonds is 8. The van der Waals surface area contributed by atoms with Crippen LogP contribution in [0.1, 0.15) is 49.1 Å². The molecule has 8 heteroatoms. The molecule has 0 saturated heterocycles. The van der Waals surface area contributed by atoms with E-state index < -0.39 is 0 Å². The van der Waals surface area contributed by atoms with E-state index in [2.05, 4.69) is 33.9 Å². The minimum Gasteiger partial charge on any atom is -0.457 e. The fraction of sp³-hybridized carbons (Fsp3) is 0.300. The summed E-state index contributed by atoms with van der Waals surface area (Å²) in [6.07, 6.45) is 5.10. The van der Waals surface area contributed by atoms with Crippen LogP contribution in [-0.4, -0.2) is 33.9 Å². The predicted octanol–water partition coefficient (Wildman–Crippen LogP) is 6.14. The number of anilines is 2. The second-order valence-electron chi connectivity index (χ2n) is 10.6. The maximum absolute atomic E-state index is 12.9. The third kappa shape index (κ3) is 5.13. The number of nitrogens with zero attached hydrogens (tertiary/aromatic N) is 3. The quantitative estimate of drug-likeness (QED) is 0.266. The fourth-order valence-corrected chi connectivity index (χ4v) is 4.72. The lowest BCUT2D eigenvalue weighted by molar-refractivity contribution is 0.262. The number of pyridine rings is 1. The average Bonchev–Trinajstić information content (AvgIpc) is 3.82. The molecular formula is C30H32N6O2. The highest BCUT2D eigenvalue weighted by Gasteiger charge is 2.42. The summed E-state index contributed by atoms with van der Waals surface area (Å²) in [5, 5.41) is 14.0. The van der Waals surface area contributed by atoms with E-state index in [-0.39, 0.29) is 11.4 Å². The number of aromatic nitrogens is 3. The van der Waals surface area contributed by atoms with Crippen LogP contribution in [0.15, 0.2) is 72.9 Å². The number of likely N-dealkylation sites (N-methyl/N-ethyl adjacent to an activating group) is 1. The van der Waals surface area contributed by atoms with Crippen molar-refractivity contribution in [3.05, 3.63) is 89.9 Å². The summed E-state index contributed by atoms with van der Waals surface area (Å²) >= 11 is 0. The van der Waals surface area contributed by atoms with Gasteiger partial charge < -0.3 is 15.4 Å². The number of hydrogen-bond donors (Lipinski definition) is 3. The van der Waals surface area contributed by atoms with Crippen LogP contribution in [0.4, 0.5) is 16.3 Å². The van der Waals surface area contributed by atoms with Crippen molar-refractivity contribution in [3.63, 3.8) is 0 Å². The summed E-state index contributed by atoms with van der Waals surface area (Å²) < 4.78 is 7.85. The van der Waals surface area contributed by atoms with E-state index in [0.29, 0.717) is 29.2 Å². The highest BCUT2D eigenvalue weighted by Crippen LogP contribution is 2.47. The monoisotopic (exact) mass is 508 g/mol. The third-order valence-corrected chi connectivity index (χ3v) is 7.46. The van der Waals surface area contributed by atoms with Gasteiger partial charge in [-0.1, -0.05) is 19.1 Å². The van der Waals surface area contributed by atoms with Crippen LogP contribution in [-0.2, 0) is 5.41 Å². The van der Waals surface area contributed by atoms with E-state index in [1.54, 1.807) is 6.20 Å². The van der Waals surface area contributed by atoms with Gasteiger partial charge in [0.1, 0.15) is 17.3 Å². The Labute approximate surface area is 222 Å². The summed E-state index contributed by atoms with van der Waals surface area (Å²) in [7, 11) is 1.98. The van der Waals surface area contributed by atoms with Gasteiger partial charge in [-0.3, -0.25) is 10.3 Å². The minimum atomic E-state index is -0.331. The van der Waals surface area contributed by atoms with Gasteiger partial charge in [0.2, 0.25) is 0 Å². The standard InChI is InChI=1S/C30H32N6O2/c1-19-5-4-6-21(15-19)36-28(18-27(35-36)30(2)12-13-30)34-29(37)33-20-7-9-22(10-8-20)38-23-11-14-32-26(16-23)24-17-25(24)31-3/h4-11,14-16,18,24-25,31H,12-13,17H2,1-3H3,(H2,33,34,37). The lowest BCUT2D eigenvalue weighted by Crippen LogP contribution is -2.21. The van der Waals surface area contributed by atoms with E-state index in [0.717, 1.165) is 47.7 Å². The molecule has 6 rings (SSSR count). The number of benzene rings is 2. The fourth-order valence-electron chi connectivity index (χ4n) is 4.72. The molecule has 8 nitrogen and oxygen atoms in total. The highest BCUT2D eigenvalue weighted by molar-refractivity contribution is 5.99. The number of urea groups is 1. The summed E-state index contributed by atoms with van der Waals surface area (Å²) in [6, 6.07) is 21.4. The third-order valence-electron chi connectivity index (χ3n) is 7.46. The zero-order valence-corrected chi connectivity index (χ0v) is 21.9. The number of carbonyl (C=O) groups excluding carboxylic acids is 1. The lowest BCUT2D eigenvalue weighted by atomic mass is 10.1. The van der Waals surface area contributed by atoms with Gasteiger partial charge >= 0.3 is 6.03 Å². The Hall–Kier alpha value is -4.17. The number of aryl methyl sites for hydroxylation is 1. The van der Waals surface area contributed by atoms with Crippen molar-refractivity contribution in [3.8, 4) is 17.2 Å². The largest absolute Gasteiger partial charge is 0.457 e. The molecule has 2 saturated carbocycles. The molecule has 2 unspecified atom stereocenters. The van der Waals surface area contributed by atoms with Gasteiger partial charge in [0.15, 0.2) is 0 Å². The Morgan fingerprint density at radius 3 is 2.55 bits per heavy atom. The summed E-state index contributed by atoms with van der Waals surface area (Å²) in [4.78, 5) is 17.4. The molecule has 0 bridgehead atoms. The normalized spacial score (nSPS) is 19.0. The second-order valence-corrected chi connectivity index (χ2v) is 10.6. The van der Waals surface area contributed by atoms with Gasteiger partial charge in [-0.25, -0.2) is 9.48 Å². The molecule has 2 atom stereocenters. The van der Waals surface area contributed by atoms with Crippen LogP contribution in [0.2, 0.25) is 0 Å². The first-order valence-electron chi connectivity index (χ1n) is 13.1. The van der Waals surface area contributed by atoms with Crippen LogP contribution < -0.4 is 20.7 Å². The number of amides is 2.